The second-order valence-corrected chi connectivity index (χ2v) is 5.31. The summed E-state index contributed by atoms with van der Waals surface area (Å²) in [6, 6.07) is 0. The standard InChI is InChI=1S/C8H13N3OS2/c1-5-7(2-3-12-5)13-4-6-8(9)14-11-10-6/h5,7H,2-4,9H2,1H3. The molecule has 1 fully saturated rings. The highest BCUT2D eigenvalue weighted by Crippen LogP contribution is 2.30. The minimum Gasteiger partial charge on any atom is -0.388 e. The van der Waals surface area contributed by atoms with Gasteiger partial charge in [0, 0.05) is 29.1 Å². The molecule has 0 radical (unpaired) electrons. The summed E-state index contributed by atoms with van der Waals surface area (Å²) in [6.45, 7) is 3.00. The summed E-state index contributed by atoms with van der Waals surface area (Å²) < 4.78 is 9.29. The fourth-order valence-corrected chi connectivity index (χ4v) is 3.17. The average Bonchev–Trinajstić information content (AvgIpc) is 2.72. The first-order valence-electron chi connectivity index (χ1n) is 4.57. The highest BCUT2D eigenvalue weighted by molar-refractivity contribution is 7.99. The highest BCUT2D eigenvalue weighted by Gasteiger charge is 2.24. The van der Waals surface area contributed by atoms with E-state index in [1.165, 1.54) is 11.5 Å². The van der Waals surface area contributed by atoms with Crippen molar-refractivity contribution in [1.82, 2.24) is 9.59 Å². The van der Waals surface area contributed by atoms with Crippen LogP contribution in [0.1, 0.15) is 19.0 Å². The number of thioether (sulfide) groups is 1. The van der Waals surface area contributed by atoms with Crippen molar-refractivity contribution >= 4 is 28.3 Å². The van der Waals surface area contributed by atoms with Crippen LogP contribution in [0.5, 0.6) is 0 Å². The molecule has 2 heterocycles. The molecule has 2 rings (SSSR count). The predicted molar refractivity (Wildman–Crippen MR) is 59.4 cm³/mol. The molecule has 1 saturated heterocycles. The molecule has 4 nitrogen and oxygen atoms in total. The van der Waals surface area contributed by atoms with Gasteiger partial charge in [0.25, 0.3) is 0 Å². The molecule has 0 aliphatic carbocycles. The molecule has 1 aromatic rings. The summed E-state index contributed by atoms with van der Waals surface area (Å²) in [5.74, 6) is 0.848. The molecule has 1 aromatic heterocycles. The van der Waals surface area contributed by atoms with E-state index in [-0.39, 0.29) is 0 Å². The maximum atomic E-state index is 5.71. The summed E-state index contributed by atoms with van der Waals surface area (Å²) in [4.78, 5) is 0. The van der Waals surface area contributed by atoms with Crippen LogP contribution in [0.15, 0.2) is 0 Å². The van der Waals surface area contributed by atoms with E-state index in [0.717, 1.165) is 29.5 Å². The van der Waals surface area contributed by atoms with Gasteiger partial charge in [-0.05, 0) is 13.3 Å². The van der Waals surface area contributed by atoms with Gasteiger partial charge in [-0.15, -0.1) is 16.9 Å². The van der Waals surface area contributed by atoms with E-state index in [1.807, 2.05) is 11.8 Å². The van der Waals surface area contributed by atoms with Crippen LogP contribution >= 0.6 is 23.3 Å². The summed E-state index contributed by atoms with van der Waals surface area (Å²) in [5.41, 5.74) is 6.62. The van der Waals surface area contributed by atoms with E-state index in [1.54, 1.807) is 0 Å². The van der Waals surface area contributed by atoms with Crippen LogP contribution in [0.4, 0.5) is 5.00 Å². The monoisotopic (exact) mass is 231 g/mol. The summed E-state index contributed by atoms with van der Waals surface area (Å²) in [7, 11) is 0. The Bertz CT molecular complexity index is 305. The number of nitrogens with zero attached hydrogens (tertiary/aromatic N) is 2. The Hall–Kier alpha value is -0.330. The average molecular weight is 231 g/mol. The molecule has 78 valence electrons. The molecule has 14 heavy (non-hydrogen) atoms. The number of hydrogen-bond acceptors (Lipinski definition) is 6. The Balaban J connectivity index is 1.85. The predicted octanol–water partition coefficient (Wildman–Crippen LogP) is 1.53. The third-order valence-electron chi connectivity index (χ3n) is 2.33. The van der Waals surface area contributed by atoms with E-state index in [2.05, 4.69) is 16.5 Å². The van der Waals surface area contributed by atoms with Gasteiger partial charge in [-0.2, -0.15) is 0 Å². The minimum atomic E-state index is 0.354. The number of ether oxygens (including phenoxy) is 1. The molecule has 1 aliphatic rings. The Kier molecular flexibility index (Phi) is 3.25. The quantitative estimate of drug-likeness (QED) is 0.855. The van der Waals surface area contributed by atoms with Crippen molar-refractivity contribution in [2.24, 2.45) is 0 Å². The van der Waals surface area contributed by atoms with Gasteiger partial charge in [0.1, 0.15) is 10.7 Å². The third kappa shape index (κ3) is 2.18. The minimum absolute atomic E-state index is 0.354. The van der Waals surface area contributed by atoms with E-state index < -0.39 is 0 Å². The van der Waals surface area contributed by atoms with Gasteiger partial charge in [0.15, 0.2) is 0 Å². The number of hydrogen-bond donors (Lipinski definition) is 1. The summed E-state index contributed by atoms with van der Waals surface area (Å²) >= 11 is 3.12. The molecule has 1 aliphatic heterocycles. The van der Waals surface area contributed by atoms with E-state index in [9.17, 15) is 0 Å². The van der Waals surface area contributed by atoms with E-state index in [0.29, 0.717) is 11.4 Å². The zero-order valence-corrected chi connectivity index (χ0v) is 9.61. The van der Waals surface area contributed by atoms with Gasteiger partial charge >= 0.3 is 0 Å². The number of anilines is 1. The van der Waals surface area contributed by atoms with Crippen molar-refractivity contribution in [2.75, 3.05) is 12.3 Å². The molecular formula is C8H13N3OS2. The zero-order valence-electron chi connectivity index (χ0n) is 7.97. The first kappa shape index (κ1) is 10.2. The molecule has 2 unspecified atom stereocenters. The van der Waals surface area contributed by atoms with Crippen molar-refractivity contribution in [3.63, 3.8) is 0 Å². The number of rotatable bonds is 3. The van der Waals surface area contributed by atoms with Crippen LogP contribution in [-0.4, -0.2) is 27.5 Å². The van der Waals surface area contributed by atoms with Gasteiger partial charge in [0.2, 0.25) is 0 Å². The Labute approximate surface area is 91.4 Å². The van der Waals surface area contributed by atoms with Crippen LogP contribution in [0, 0.1) is 0 Å². The summed E-state index contributed by atoms with van der Waals surface area (Å²) in [6.07, 6.45) is 1.48. The van der Waals surface area contributed by atoms with E-state index in [4.69, 9.17) is 10.5 Å². The maximum Gasteiger partial charge on any atom is 0.131 e. The SMILES string of the molecule is CC1OCCC1SCc1nnsc1N. The lowest BCUT2D eigenvalue weighted by molar-refractivity contribution is 0.127. The Morgan fingerprint density at radius 3 is 3.14 bits per heavy atom. The highest BCUT2D eigenvalue weighted by atomic mass is 32.2. The van der Waals surface area contributed by atoms with Crippen LogP contribution in [0.25, 0.3) is 0 Å². The van der Waals surface area contributed by atoms with Crippen molar-refractivity contribution in [3.8, 4) is 0 Å². The van der Waals surface area contributed by atoms with Crippen LogP contribution in [0.3, 0.4) is 0 Å². The number of nitrogens with two attached hydrogens (primary N) is 1. The topological polar surface area (TPSA) is 61.0 Å². The molecule has 2 N–H and O–H groups in total. The molecule has 0 aromatic carbocycles. The van der Waals surface area contributed by atoms with Gasteiger partial charge < -0.3 is 10.5 Å². The molecule has 0 amide bonds. The zero-order chi connectivity index (χ0) is 9.97. The van der Waals surface area contributed by atoms with Gasteiger partial charge in [-0.3, -0.25) is 0 Å². The lowest BCUT2D eigenvalue weighted by atomic mass is 10.3. The molecular weight excluding hydrogens is 218 g/mol. The smallest absolute Gasteiger partial charge is 0.131 e. The second kappa shape index (κ2) is 4.46. The third-order valence-corrected chi connectivity index (χ3v) is 4.41. The molecule has 0 saturated carbocycles. The Morgan fingerprint density at radius 2 is 2.57 bits per heavy atom. The van der Waals surface area contributed by atoms with Gasteiger partial charge in [-0.1, -0.05) is 4.49 Å². The van der Waals surface area contributed by atoms with Crippen molar-refractivity contribution < 1.29 is 4.74 Å². The normalized spacial score (nSPS) is 26.9. The fourth-order valence-electron chi connectivity index (χ4n) is 1.43. The van der Waals surface area contributed by atoms with Gasteiger partial charge in [0.05, 0.1) is 6.10 Å². The van der Waals surface area contributed by atoms with Crippen molar-refractivity contribution in [2.45, 2.75) is 30.5 Å². The van der Waals surface area contributed by atoms with Crippen molar-refractivity contribution in [3.05, 3.63) is 5.69 Å². The molecule has 0 spiro atoms. The van der Waals surface area contributed by atoms with Crippen LogP contribution in [-0.2, 0) is 10.5 Å². The molecule has 6 heteroatoms. The second-order valence-electron chi connectivity index (χ2n) is 3.30. The Morgan fingerprint density at radius 1 is 1.71 bits per heavy atom. The first-order chi connectivity index (χ1) is 6.77. The van der Waals surface area contributed by atoms with Crippen LogP contribution < -0.4 is 5.73 Å². The van der Waals surface area contributed by atoms with E-state index >= 15 is 0 Å². The number of nitrogen functional groups attached to an aromatic ring is 1. The van der Waals surface area contributed by atoms with Crippen LogP contribution in [0.2, 0.25) is 0 Å². The fraction of sp³-hybridized carbons (Fsp3) is 0.750. The van der Waals surface area contributed by atoms with Gasteiger partial charge in [-0.25, -0.2) is 0 Å². The lowest BCUT2D eigenvalue weighted by Gasteiger charge is -2.12. The molecule has 0 bridgehead atoms. The summed E-state index contributed by atoms with van der Waals surface area (Å²) in [5, 5.41) is 5.30. The lowest BCUT2D eigenvalue weighted by Crippen LogP contribution is -2.13. The maximum absolute atomic E-state index is 5.71. The number of aromatic nitrogens is 2. The largest absolute Gasteiger partial charge is 0.388 e. The molecule has 2 atom stereocenters. The van der Waals surface area contributed by atoms with Crippen molar-refractivity contribution in [1.29, 1.82) is 0 Å². The first-order valence-corrected chi connectivity index (χ1v) is 6.39.